The second-order valence-corrected chi connectivity index (χ2v) is 3.85. The van der Waals surface area contributed by atoms with Gasteiger partial charge in [-0.3, -0.25) is 0 Å². The fraction of sp³-hybridized carbons (Fsp3) is 0.154. The van der Waals surface area contributed by atoms with E-state index in [1.807, 2.05) is 30.3 Å². The number of nitrogens with two attached hydrogens (primary N) is 2. The molecule has 0 aliphatic carbocycles. The van der Waals surface area contributed by atoms with E-state index < -0.39 is 0 Å². The molecule has 0 aliphatic heterocycles. The molecule has 0 unspecified atom stereocenters. The van der Waals surface area contributed by atoms with E-state index in [0.717, 1.165) is 12.0 Å². The molecule has 0 saturated carbocycles. The number of hydrogen-bond donors (Lipinski definition) is 2. The lowest BCUT2D eigenvalue weighted by Gasteiger charge is -2.07. The van der Waals surface area contributed by atoms with E-state index >= 15 is 0 Å². The van der Waals surface area contributed by atoms with Gasteiger partial charge < -0.3 is 11.5 Å². The smallest absolute Gasteiger partial charge is 0.222 e. The Morgan fingerprint density at radius 1 is 1.17 bits per heavy atom. The van der Waals surface area contributed by atoms with Gasteiger partial charge in [0, 0.05) is 5.56 Å². The molecule has 1 aromatic carbocycles. The zero-order valence-corrected chi connectivity index (χ0v) is 10.0. The highest BCUT2D eigenvalue weighted by Gasteiger charge is 2.12. The van der Waals surface area contributed by atoms with Crippen molar-refractivity contribution in [3.05, 3.63) is 35.4 Å². The van der Waals surface area contributed by atoms with E-state index in [1.165, 1.54) is 5.56 Å². The molecule has 18 heavy (non-hydrogen) atoms. The van der Waals surface area contributed by atoms with Crippen LogP contribution in [0.25, 0.3) is 11.3 Å². The summed E-state index contributed by atoms with van der Waals surface area (Å²) in [6.07, 6.45) is 0.958. The number of nitriles is 1. The minimum atomic E-state index is 0.0704. The summed E-state index contributed by atoms with van der Waals surface area (Å²) in [6.45, 7) is 2.08. The summed E-state index contributed by atoms with van der Waals surface area (Å²) in [5.74, 6) is 0.181. The molecule has 0 fully saturated rings. The van der Waals surface area contributed by atoms with E-state index in [4.69, 9.17) is 16.7 Å². The highest BCUT2D eigenvalue weighted by molar-refractivity contribution is 5.73. The monoisotopic (exact) mass is 239 g/mol. The Labute approximate surface area is 105 Å². The predicted octanol–water partition coefficient (Wildman–Crippen LogP) is 1.74. The maximum atomic E-state index is 9.10. The van der Waals surface area contributed by atoms with Crippen molar-refractivity contribution in [1.82, 2.24) is 9.97 Å². The SMILES string of the molecule is CCc1ccc(-c2nc(N)nc(N)c2C#N)cc1. The number of rotatable bonds is 2. The van der Waals surface area contributed by atoms with Crippen LogP contribution in [-0.2, 0) is 6.42 Å². The summed E-state index contributed by atoms with van der Waals surface area (Å²) < 4.78 is 0. The largest absolute Gasteiger partial charge is 0.382 e. The molecule has 5 nitrogen and oxygen atoms in total. The highest BCUT2D eigenvalue weighted by atomic mass is 15.0. The van der Waals surface area contributed by atoms with Crippen molar-refractivity contribution in [1.29, 1.82) is 5.26 Å². The Morgan fingerprint density at radius 3 is 2.39 bits per heavy atom. The van der Waals surface area contributed by atoms with Crippen LogP contribution < -0.4 is 11.5 Å². The Balaban J connectivity index is 2.59. The summed E-state index contributed by atoms with van der Waals surface area (Å²) >= 11 is 0. The molecule has 0 spiro atoms. The Kier molecular flexibility index (Phi) is 3.11. The van der Waals surface area contributed by atoms with Crippen molar-refractivity contribution in [3.8, 4) is 17.3 Å². The second kappa shape index (κ2) is 4.72. The van der Waals surface area contributed by atoms with Crippen LogP contribution in [0.4, 0.5) is 11.8 Å². The van der Waals surface area contributed by atoms with Gasteiger partial charge in [-0.05, 0) is 12.0 Å². The molecule has 0 saturated heterocycles. The molecule has 1 heterocycles. The third-order valence-electron chi connectivity index (χ3n) is 2.70. The molecule has 0 atom stereocenters. The first-order valence-corrected chi connectivity index (χ1v) is 5.58. The first-order chi connectivity index (χ1) is 8.65. The second-order valence-electron chi connectivity index (χ2n) is 3.85. The zero-order chi connectivity index (χ0) is 13.1. The van der Waals surface area contributed by atoms with Crippen molar-refractivity contribution in [3.63, 3.8) is 0 Å². The molecule has 0 aliphatic rings. The van der Waals surface area contributed by atoms with Crippen LogP contribution >= 0.6 is 0 Å². The third kappa shape index (κ3) is 2.09. The van der Waals surface area contributed by atoms with E-state index in [0.29, 0.717) is 5.69 Å². The Hall–Kier alpha value is -2.61. The van der Waals surface area contributed by atoms with Gasteiger partial charge >= 0.3 is 0 Å². The van der Waals surface area contributed by atoms with Gasteiger partial charge in [-0.25, -0.2) is 4.98 Å². The Bertz CT molecular complexity index is 611. The number of anilines is 2. The van der Waals surface area contributed by atoms with Crippen LogP contribution in [0, 0.1) is 11.3 Å². The van der Waals surface area contributed by atoms with Crippen molar-refractivity contribution in [2.75, 3.05) is 11.5 Å². The molecular weight excluding hydrogens is 226 g/mol. The maximum absolute atomic E-state index is 9.10. The van der Waals surface area contributed by atoms with Gasteiger partial charge in [0.15, 0.2) is 0 Å². The van der Waals surface area contributed by atoms with Crippen LogP contribution in [-0.4, -0.2) is 9.97 Å². The topological polar surface area (TPSA) is 102 Å². The quantitative estimate of drug-likeness (QED) is 0.831. The summed E-state index contributed by atoms with van der Waals surface area (Å²) in [5, 5.41) is 9.10. The number of aromatic nitrogens is 2. The van der Waals surface area contributed by atoms with Crippen LogP contribution in [0.1, 0.15) is 18.1 Å². The van der Waals surface area contributed by atoms with E-state index in [1.54, 1.807) is 0 Å². The molecule has 4 N–H and O–H groups in total. The van der Waals surface area contributed by atoms with Gasteiger partial charge in [0.1, 0.15) is 17.5 Å². The maximum Gasteiger partial charge on any atom is 0.222 e. The molecular formula is C13H13N5. The van der Waals surface area contributed by atoms with Crippen LogP contribution in [0.15, 0.2) is 24.3 Å². The van der Waals surface area contributed by atoms with Crippen LogP contribution in [0.2, 0.25) is 0 Å². The average molecular weight is 239 g/mol. The van der Waals surface area contributed by atoms with Gasteiger partial charge in [-0.2, -0.15) is 10.2 Å². The lowest BCUT2D eigenvalue weighted by molar-refractivity contribution is 1.14. The molecule has 5 heteroatoms. The van der Waals surface area contributed by atoms with Gasteiger partial charge in [-0.15, -0.1) is 0 Å². The summed E-state index contributed by atoms with van der Waals surface area (Å²) in [6, 6.07) is 9.80. The highest BCUT2D eigenvalue weighted by Crippen LogP contribution is 2.25. The van der Waals surface area contributed by atoms with Gasteiger partial charge in [0.05, 0.1) is 5.69 Å². The number of hydrogen-bond acceptors (Lipinski definition) is 5. The number of benzene rings is 1. The van der Waals surface area contributed by atoms with Crippen molar-refractivity contribution >= 4 is 11.8 Å². The van der Waals surface area contributed by atoms with Crippen molar-refractivity contribution in [2.24, 2.45) is 0 Å². The number of nitrogen functional groups attached to an aromatic ring is 2. The lowest BCUT2D eigenvalue weighted by Crippen LogP contribution is -2.04. The fourth-order valence-electron chi connectivity index (χ4n) is 1.71. The predicted molar refractivity (Wildman–Crippen MR) is 70.4 cm³/mol. The lowest BCUT2D eigenvalue weighted by atomic mass is 10.0. The normalized spacial score (nSPS) is 10.0. The molecule has 0 bridgehead atoms. The first kappa shape index (κ1) is 11.9. The molecule has 1 aromatic heterocycles. The van der Waals surface area contributed by atoms with Gasteiger partial charge in [-0.1, -0.05) is 31.2 Å². The van der Waals surface area contributed by atoms with Crippen LogP contribution in [0.3, 0.4) is 0 Å². The average Bonchev–Trinajstić information content (AvgIpc) is 2.38. The van der Waals surface area contributed by atoms with Crippen molar-refractivity contribution in [2.45, 2.75) is 13.3 Å². The zero-order valence-electron chi connectivity index (χ0n) is 10.0. The van der Waals surface area contributed by atoms with E-state index in [-0.39, 0.29) is 17.3 Å². The standard InChI is InChI=1S/C13H13N5/c1-2-8-3-5-9(6-4-8)11-10(7-14)12(15)18-13(16)17-11/h3-6H,2H2,1H3,(H4,15,16,17,18). The third-order valence-corrected chi connectivity index (χ3v) is 2.70. The van der Waals surface area contributed by atoms with Gasteiger partial charge in [0.25, 0.3) is 0 Å². The minimum absolute atomic E-state index is 0.0704. The van der Waals surface area contributed by atoms with Crippen molar-refractivity contribution < 1.29 is 0 Å². The molecule has 0 radical (unpaired) electrons. The molecule has 2 aromatic rings. The minimum Gasteiger partial charge on any atom is -0.382 e. The summed E-state index contributed by atoms with van der Waals surface area (Å²) in [5.41, 5.74) is 14.0. The number of nitrogens with zero attached hydrogens (tertiary/aromatic N) is 3. The Morgan fingerprint density at radius 2 is 1.83 bits per heavy atom. The molecule has 0 amide bonds. The molecule has 2 rings (SSSR count). The first-order valence-electron chi connectivity index (χ1n) is 5.58. The summed E-state index contributed by atoms with van der Waals surface area (Å²) in [4.78, 5) is 7.88. The number of aryl methyl sites for hydroxylation is 1. The van der Waals surface area contributed by atoms with Gasteiger partial charge in [0.2, 0.25) is 5.95 Å². The van der Waals surface area contributed by atoms with E-state index in [9.17, 15) is 0 Å². The van der Waals surface area contributed by atoms with E-state index in [2.05, 4.69) is 16.9 Å². The van der Waals surface area contributed by atoms with Crippen LogP contribution in [0.5, 0.6) is 0 Å². The summed E-state index contributed by atoms with van der Waals surface area (Å²) in [7, 11) is 0. The molecule has 90 valence electrons. The fourth-order valence-corrected chi connectivity index (χ4v) is 1.71.